The van der Waals surface area contributed by atoms with Crippen LogP contribution >= 0.6 is 0 Å². The minimum atomic E-state index is -0.668. The Morgan fingerprint density at radius 2 is 1.96 bits per heavy atom. The Balaban J connectivity index is 1.70. The van der Waals surface area contributed by atoms with E-state index in [1.54, 1.807) is 0 Å². The number of hydrogen-bond acceptors (Lipinski definition) is 5. The number of rotatable bonds is 1. The van der Waals surface area contributed by atoms with Crippen LogP contribution in [0.15, 0.2) is 11.6 Å². The molecule has 0 aromatic carbocycles. The summed E-state index contributed by atoms with van der Waals surface area (Å²) in [6, 6.07) is 0. The summed E-state index contributed by atoms with van der Waals surface area (Å²) in [5.41, 5.74) is 0.391. The maximum absolute atomic E-state index is 13.3. The Labute approximate surface area is 154 Å². The van der Waals surface area contributed by atoms with Crippen LogP contribution in [0.5, 0.6) is 0 Å². The highest BCUT2D eigenvalue weighted by Gasteiger charge is 2.63. The molecule has 0 aromatic heterocycles. The zero-order valence-corrected chi connectivity index (χ0v) is 15.9. The zero-order valence-electron chi connectivity index (χ0n) is 15.9. The van der Waals surface area contributed by atoms with Crippen molar-refractivity contribution in [1.29, 1.82) is 0 Å². The van der Waals surface area contributed by atoms with Gasteiger partial charge in [0.05, 0.1) is 12.2 Å². The Kier molecular flexibility index (Phi) is 4.12. The number of aliphatic hydroxyl groups excluding tert-OH is 2. The summed E-state index contributed by atoms with van der Waals surface area (Å²) >= 11 is 0. The third-order valence-electron chi connectivity index (χ3n) is 8.06. The first kappa shape index (κ1) is 18.2. The van der Waals surface area contributed by atoms with Gasteiger partial charge in [-0.05, 0) is 37.0 Å². The van der Waals surface area contributed by atoms with Crippen LogP contribution in [0.1, 0.15) is 59.3 Å². The molecule has 5 nitrogen and oxygen atoms in total. The zero-order chi connectivity index (χ0) is 18.9. The highest BCUT2D eigenvalue weighted by atomic mass is 16.5. The average Bonchev–Trinajstić information content (AvgIpc) is 2.83. The molecule has 3 saturated carbocycles. The molecule has 144 valence electrons. The van der Waals surface area contributed by atoms with Crippen molar-refractivity contribution in [2.45, 2.75) is 77.6 Å². The second-order valence-corrected chi connectivity index (χ2v) is 9.48. The summed E-state index contributed by atoms with van der Waals surface area (Å²) in [6.07, 6.45) is 4.79. The molecule has 0 radical (unpaired) electrons. The fraction of sp³-hybridized carbons (Fsp3) is 0.810. The summed E-state index contributed by atoms with van der Waals surface area (Å²) in [5.74, 6) is -0.224. The van der Waals surface area contributed by atoms with E-state index in [9.17, 15) is 19.8 Å². The second kappa shape index (κ2) is 5.90. The number of ether oxygens (including phenoxy) is 1. The highest BCUT2D eigenvalue weighted by Crippen LogP contribution is 2.63. The Morgan fingerprint density at radius 1 is 1.23 bits per heavy atom. The first-order chi connectivity index (χ1) is 12.2. The molecule has 4 aliphatic rings. The van der Waals surface area contributed by atoms with Gasteiger partial charge >= 0.3 is 5.97 Å². The topological polar surface area (TPSA) is 83.8 Å². The van der Waals surface area contributed by atoms with Crippen LogP contribution in [-0.4, -0.2) is 40.3 Å². The van der Waals surface area contributed by atoms with Crippen LogP contribution in [-0.2, 0) is 14.3 Å². The number of fused-ring (bicyclic) bond motifs is 5. The molecule has 0 aliphatic heterocycles. The lowest BCUT2D eigenvalue weighted by atomic mass is 9.47. The quantitative estimate of drug-likeness (QED) is 0.553. The Hall–Kier alpha value is -1.20. The van der Waals surface area contributed by atoms with Gasteiger partial charge in [0.1, 0.15) is 11.9 Å². The monoisotopic (exact) mass is 362 g/mol. The first-order valence-corrected chi connectivity index (χ1v) is 9.94. The van der Waals surface area contributed by atoms with Gasteiger partial charge in [-0.15, -0.1) is 0 Å². The van der Waals surface area contributed by atoms with Gasteiger partial charge in [-0.3, -0.25) is 9.59 Å². The van der Waals surface area contributed by atoms with Crippen molar-refractivity contribution < 1.29 is 24.5 Å². The van der Waals surface area contributed by atoms with Gasteiger partial charge in [-0.1, -0.05) is 25.5 Å². The van der Waals surface area contributed by atoms with E-state index in [2.05, 4.69) is 6.92 Å². The van der Waals surface area contributed by atoms with E-state index in [0.717, 1.165) is 24.8 Å². The molecule has 0 bridgehead atoms. The minimum absolute atomic E-state index is 0.113. The smallest absolute Gasteiger partial charge is 0.302 e. The molecule has 0 saturated heterocycles. The van der Waals surface area contributed by atoms with E-state index in [4.69, 9.17) is 4.74 Å². The summed E-state index contributed by atoms with van der Waals surface area (Å²) < 4.78 is 5.40. The van der Waals surface area contributed by atoms with Crippen LogP contribution in [0, 0.1) is 28.6 Å². The van der Waals surface area contributed by atoms with Gasteiger partial charge in [0.25, 0.3) is 0 Å². The van der Waals surface area contributed by atoms with Crippen molar-refractivity contribution in [3.05, 3.63) is 11.6 Å². The SMILES string of the molecule is CC(=O)O[C@H]1CC[C@@]2(C)C(=C[C@H](O)C3C2C(=O)C[C@@]2(C)C3CC[C@@H]2O)C1. The first-order valence-electron chi connectivity index (χ1n) is 9.94. The Morgan fingerprint density at radius 3 is 2.65 bits per heavy atom. The van der Waals surface area contributed by atoms with Crippen LogP contribution in [0.3, 0.4) is 0 Å². The highest BCUT2D eigenvalue weighted by molar-refractivity contribution is 5.85. The molecular formula is C21H30O5. The van der Waals surface area contributed by atoms with E-state index in [0.29, 0.717) is 19.3 Å². The van der Waals surface area contributed by atoms with Crippen LogP contribution < -0.4 is 0 Å². The number of carbonyl (C=O) groups excluding carboxylic acids is 2. The number of hydrogen-bond donors (Lipinski definition) is 2. The number of ketones is 1. The van der Waals surface area contributed by atoms with E-state index in [1.165, 1.54) is 6.92 Å². The maximum Gasteiger partial charge on any atom is 0.302 e. The van der Waals surface area contributed by atoms with Crippen molar-refractivity contribution in [1.82, 2.24) is 0 Å². The van der Waals surface area contributed by atoms with Gasteiger partial charge in [-0.25, -0.2) is 0 Å². The molecule has 5 heteroatoms. The molecule has 26 heavy (non-hydrogen) atoms. The van der Waals surface area contributed by atoms with Gasteiger partial charge in [0, 0.05) is 37.0 Å². The lowest BCUT2D eigenvalue weighted by molar-refractivity contribution is -0.158. The number of aliphatic hydroxyl groups is 2. The minimum Gasteiger partial charge on any atom is -0.462 e. The lowest BCUT2D eigenvalue weighted by Gasteiger charge is -2.57. The number of esters is 1. The average molecular weight is 362 g/mol. The molecule has 8 atom stereocenters. The summed E-state index contributed by atoms with van der Waals surface area (Å²) in [4.78, 5) is 24.6. The predicted octanol–water partition coefficient (Wildman–Crippen LogP) is 2.39. The largest absolute Gasteiger partial charge is 0.462 e. The van der Waals surface area contributed by atoms with Crippen LogP contribution in [0.4, 0.5) is 0 Å². The fourth-order valence-corrected chi connectivity index (χ4v) is 6.74. The van der Waals surface area contributed by atoms with Crippen molar-refractivity contribution in [2.24, 2.45) is 28.6 Å². The Bertz CT molecular complexity index is 669. The van der Waals surface area contributed by atoms with Crippen molar-refractivity contribution in [3.63, 3.8) is 0 Å². The predicted molar refractivity (Wildman–Crippen MR) is 95.0 cm³/mol. The maximum atomic E-state index is 13.3. The van der Waals surface area contributed by atoms with E-state index in [-0.39, 0.29) is 41.0 Å². The van der Waals surface area contributed by atoms with Gasteiger partial charge < -0.3 is 14.9 Å². The van der Waals surface area contributed by atoms with Crippen molar-refractivity contribution in [3.8, 4) is 0 Å². The van der Waals surface area contributed by atoms with Gasteiger partial charge in [0.15, 0.2) is 0 Å². The molecular weight excluding hydrogens is 332 g/mol. The molecule has 0 amide bonds. The molecule has 2 N–H and O–H groups in total. The normalized spacial score (nSPS) is 50.3. The fourth-order valence-electron chi connectivity index (χ4n) is 6.74. The van der Waals surface area contributed by atoms with Crippen molar-refractivity contribution >= 4 is 11.8 Å². The molecule has 3 unspecified atom stereocenters. The standard InChI is InChI=1S/C21H30O5/c1-11(22)26-13-6-7-20(2)12(8-13)9-15(23)18-14-4-5-17(25)21(14,3)10-16(24)19(18)20/h9,13-15,17-19,23,25H,4-8,10H2,1-3H3/t13-,14?,15-,17-,18?,19?,20-,21-/m0/s1. The summed E-state index contributed by atoms with van der Waals surface area (Å²) in [5, 5.41) is 21.5. The van der Waals surface area contributed by atoms with Gasteiger partial charge in [-0.2, -0.15) is 0 Å². The molecule has 0 heterocycles. The summed E-state index contributed by atoms with van der Waals surface area (Å²) in [7, 11) is 0. The molecule has 3 fully saturated rings. The molecule has 4 aliphatic carbocycles. The molecule has 0 spiro atoms. The van der Waals surface area contributed by atoms with Crippen LogP contribution in [0.25, 0.3) is 0 Å². The van der Waals surface area contributed by atoms with E-state index >= 15 is 0 Å². The molecule has 0 aromatic rings. The van der Waals surface area contributed by atoms with E-state index < -0.39 is 17.6 Å². The lowest BCUT2D eigenvalue weighted by Crippen LogP contribution is -2.59. The number of carbonyl (C=O) groups is 2. The third-order valence-corrected chi connectivity index (χ3v) is 8.06. The second-order valence-electron chi connectivity index (χ2n) is 9.48. The van der Waals surface area contributed by atoms with Crippen molar-refractivity contribution in [2.75, 3.05) is 0 Å². The summed E-state index contributed by atoms with van der Waals surface area (Å²) in [6.45, 7) is 5.60. The van der Waals surface area contributed by atoms with Crippen LogP contribution in [0.2, 0.25) is 0 Å². The molecule has 4 rings (SSSR count). The van der Waals surface area contributed by atoms with Gasteiger partial charge in [0.2, 0.25) is 0 Å². The van der Waals surface area contributed by atoms with E-state index in [1.807, 2.05) is 13.0 Å². The number of Topliss-reactive ketones (excluding diaryl/α,β-unsaturated/α-hetero) is 1. The third kappa shape index (κ3) is 2.43.